The molecule has 0 radical (unpaired) electrons. The van der Waals surface area contributed by atoms with Gasteiger partial charge in [-0.1, -0.05) is 0 Å². The number of carbonyl (C=O) groups is 1. The van der Waals surface area contributed by atoms with Gasteiger partial charge in [0.1, 0.15) is 0 Å². The number of methoxy groups -OCH3 is 1. The van der Waals surface area contributed by atoms with Crippen molar-refractivity contribution in [2.45, 2.75) is 75.9 Å². The smallest absolute Gasteiger partial charge is 0.379 e. The van der Waals surface area contributed by atoms with Crippen LogP contribution in [0.5, 0.6) is 0 Å². The van der Waals surface area contributed by atoms with Crippen molar-refractivity contribution in [2.24, 2.45) is 11.1 Å². The van der Waals surface area contributed by atoms with E-state index < -0.39 is 17.2 Å². The maximum atomic E-state index is 13.8. The third kappa shape index (κ3) is 5.40. The molecule has 2 aliphatic heterocycles. The van der Waals surface area contributed by atoms with Gasteiger partial charge in [-0.15, -0.1) is 0 Å². The van der Waals surface area contributed by atoms with E-state index in [1.807, 2.05) is 0 Å². The predicted octanol–water partition coefficient (Wildman–Crippen LogP) is 2.66. The van der Waals surface area contributed by atoms with Crippen LogP contribution in [0.1, 0.15) is 55.3 Å². The summed E-state index contributed by atoms with van der Waals surface area (Å²) in [6, 6.07) is 1.50. The van der Waals surface area contributed by atoms with E-state index in [4.69, 9.17) is 15.2 Å². The number of halogens is 3. The molecule has 10 heteroatoms. The van der Waals surface area contributed by atoms with Crippen molar-refractivity contribution in [3.05, 3.63) is 29.1 Å². The molecular weight excluding hydrogens is 449 g/mol. The second-order valence-electron chi connectivity index (χ2n) is 9.83. The molecule has 190 valence electrons. The summed E-state index contributed by atoms with van der Waals surface area (Å²) in [5.74, 6) is 0.0311. The molecule has 1 aromatic heterocycles. The maximum Gasteiger partial charge on any atom is 0.417 e. The summed E-state index contributed by atoms with van der Waals surface area (Å²) < 4.78 is 50.7. The number of ether oxygens (including phenoxy) is 2. The van der Waals surface area contributed by atoms with Gasteiger partial charge in [0.05, 0.1) is 23.7 Å². The molecule has 3 N–H and O–H groups in total. The van der Waals surface area contributed by atoms with Crippen LogP contribution < -0.4 is 11.1 Å². The normalized spacial score (nSPS) is 29.8. The molecule has 7 nitrogen and oxygen atoms in total. The number of alkyl halides is 3. The first-order valence-electron chi connectivity index (χ1n) is 12.2. The van der Waals surface area contributed by atoms with Gasteiger partial charge in [-0.05, 0) is 56.7 Å². The number of pyridine rings is 1. The van der Waals surface area contributed by atoms with Crippen LogP contribution in [0.3, 0.4) is 0 Å². The van der Waals surface area contributed by atoms with Crippen LogP contribution in [0.15, 0.2) is 12.3 Å². The summed E-state index contributed by atoms with van der Waals surface area (Å²) in [4.78, 5) is 19.6. The van der Waals surface area contributed by atoms with Crippen molar-refractivity contribution in [3.63, 3.8) is 0 Å². The Kier molecular flexibility index (Phi) is 7.81. The number of nitrogens with zero attached hydrogens (tertiary/aromatic N) is 2. The van der Waals surface area contributed by atoms with Gasteiger partial charge in [-0.3, -0.25) is 9.78 Å². The molecule has 0 spiro atoms. The zero-order valence-corrected chi connectivity index (χ0v) is 19.7. The molecule has 0 aromatic carbocycles. The zero-order valence-electron chi connectivity index (χ0n) is 19.7. The molecule has 0 unspecified atom stereocenters. The van der Waals surface area contributed by atoms with Crippen molar-refractivity contribution in [1.29, 1.82) is 0 Å². The number of hydrogen-bond donors (Lipinski definition) is 2. The molecule has 1 amide bonds. The number of nitrogens with two attached hydrogens (primary N) is 1. The van der Waals surface area contributed by atoms with Crippen LogP contribution in [0.4, 0.5) is 13.2 Å². The Morgan fingerprint density at radius 3 is 2.97 bits per heavy atom. The lowest BCUT2D eigenvalue weighted by molar-refractivity contribution is -0.143. The quantitative estimate of drug-likeness (QED) is 0.619. The van der Waals surface area contributed by atoms with E-state index in [2.05, 4.69) is 10.3 Å². The van der Waals surface area contributed by atoms with E-state index in [1.54, 1.807) is 12.0 Å². The molecule has 0 bridgehead atoms. The second-order valence-corrected chi connectivity index (χ2v) is 9.83. The van der Waals surface area contributed by atoms with Crippen molar-refractivity contribution < 1.29 is 27.4 Å². The summed E-state index contributed by atoms with van der Waals surface area (Å²) in [7, 11) is 1.69. The number of hydrogen-bond acceptors (Lipinski definition) is 6. The predicted molar refractivity (Wildman–Crippen MR) is 120 cm³/mol. The number of amides is 1. The van der Waals surface area contributed by atoms with Gasteiger partial charge in [0.15, 0.2) is 0 Å². The fourth-order valence-corrected chi connectivity index (χ4v) is 5.76. The van der Waals surface area contributed by atoms with E-state index in [-0.39, 0.29) is 30.6 Å². The number of rotatable bonds is 7. The minimum Gasteiger partial charge on any atom is -0.379 e. The third-order valence-electron chi connectivity index (χ3n) is 7.63. The summed E-state index contributed by atoms with van der Waals surface area (Å²) in [6.07, 6.45) is 1.47. The Hall–Kier alpha value is -1.75. The Morgan fingerprint density at radius 2 is 2.24 bits per heavy atom. The third-order valence-corrected chi connectivity index (χ3v) is 7.63. The highest BCUT2D eigenvalue weighted by molar-refractivity contribution is 5.83. The molecule has 1 aromatic rings. The number of carbonyl (C=O) groups excluding carboxylic acids is 1. The molecular formula is C24H35F3N4O3. The standard InChI is InChI=1S/C24H35F3N4O3/c1-33-21-15-34-10-5-20(21)30-18-3-7-23(12-18,6-2-8-28)22(32)31-9-4-19-16(14-31)11-17(13-29-19)24(25,26)27/h11,13,18,20-21,30H,2-10,12,14-15,28H2,1H3/t18-,20+,21-,23+/m1/s1. The van der Waals surface area contributed by atoms with Crippen molar-refractivity contribution in [1.82, 2.24) is 15.2 Å². The minimum atomic E-state index is -4.45. The van der Waals surface area contributed by atoms with E-state index >= 15 is 0 Å². The fraction of sp³-hybridized carbons (Fsp3) is 0.750. The average Bonchev–Trinajstić information content (AvgIpc) is 3.25. The Bertz CT molecular complexity index is 868. The lowest BCUT2D eigenvalue weighted by Crippen LogP contribution is -2.51. The topological polar surface area (TPSA) is 89.7 Å². The highest BCUT2D eigenvalue weighted by Crippen LogP contribution is 2.45. The van der Waals surface area contributed by atoms with Crippen molar-refractivity contribution in [3.8, 4) is 0 Å². The molecule has 3 heterocycles. The molecule has 1 saturated carbocycles. The van der Waals surface area contributed by atoms with E-state index in [0.717, 1.165) is 37.9 Å². The second kappa shape index (κ2) is 10.5. The van der Waals surface area contributed by atoms with Gasteiger partial charge < -0.3 is 25.4 Å². The first-order chi connectivity index (χ1) is 16.3. The van der Waals surface area contributed by atoms with Crippen LogP contribution in [-0.4, -0.2) is 67.4 Å². The molecule has 4 rings (SSSR count). The van der Waals surface area contributed by atoms with Crippen molar-refractivity contribution in [2.75, 3.05) is 33.4 Å². The van der Waals surface area contributed by atoms with Crippen LogP contribution in [0.2, 0.25) is 0 Å². The SMILES string of the molecule is CO[C@@H]1COCC[C@@H]1N[C@@H]1CC[C@](CCCN)(C(=O)N2CCc3ncc(C(F)(F)F)cc3C2)C1. The molecule has 1 saturated heterocycles. The number of fused-ring (bicyclic) bond motifs is 1. The van der Waals surface area contributed by atoms with Crippen LogP contribution >= 0.6 is 0 Å². The van der Waals surface area contributed by atoms with E-state index in [1.165, 1.54) is 0 Å². The molecule has 2 fully saturated rings. The van der Waals surface area contributed by atoms with Crippen LogP contribution in [-0.2, 0) is 33.4 Å². The van der Waals surface area contributed by atoms with Crippen LogP contribution in [0, 0.1) is 5.41 Å². The minimum absolute atomic E-state index is 0.0163. The number of aromatic nitrogens is 1. The molecule has 4 atom stereocenters. The van der Waals surface area contributed by atoms with E-state index in [0.29, 0.717) is 56.8 Å². The molecule has 1 aliphatic carbocycles. The Morgan fingerprint density at radius 1 is 1.41 bits per heavy atom. The van der Waals surface area contributed by atoms with Gasteiger partial charge >= 0.3 is 6.18 Å². The van der Waals surface area contributed by atoms with Gasteiger partial charge in [0.25, 0.3) is 0 Å². The Labute approximate surface area is 198 Å². The summed E-state index contributed by atoms with van der Waals surface area (Å²) in [5, 5.41) is 3.71. The fourth-order valence-electron chi connectivity index (χ4n) is 5.76. The average molecular weight is 485 g/mol. The van der Waals surface area contributed by atoms with Gasteiger partial charge in [-0.25, -0.2) is 0 Å². The monoisotopic (exact) mass is 484 g/mol. The molecule has 3 aliphatic rings. The maximum absolute atomic E-state index is 13.8. The Balaban J connectivity index is 1.48. The zero-order chi connectivity index (χ0) is 24.3. The first-order valence-corrected chi connectivity index (χ1v) is 12.2. The van der Waals surface area contributed by atoms with Gasteiger partial charge in [-0.2, -0.15) is 13.2 Å². The summed E-state index contributed by atoms with van der Waals surface area (Å²) >= 11 is 0. The molecule has 34 heavy (non-hydrogen) atoms. The van der Waals surface area contributed by atoms with Crippen LogP contribution in [0.25, 0.3) is 0 Å². The van der Waals surface area contributed by atoms with E-state index in [9.17, 15) is 18.0 Å². The summed E-state index contributed by atoms with van der Waals surface area (Å²) in [5.41, 5.74) is 5.61. The summed E-state index contributed by atoms with van der Waals surface area (Å²) in [6.45, 7) is 2.38. The lowest BCUT2D eigenvalue weighted by atomic mass is 9.79. The van der Waals surface area contributed by atoms with Gasteiger partial charge in [0.2, 0.25) is 5.91 Å². The van der Waals surface area contributed by atoms with Crippen molar-refractivity contribution >= 4 is 5.91 Å². The largest absolute Gasteiger partial charge is 0.417 e. The highest BCUT2D eigenvalue weighted by atomic mass is 19.4. The van der Waals surface area contributed by atoms with Gasteiger partial charge in [0, 0.05) is 57.2 Å². The first kappa shape index (κ1) is 25.3. The highest BCUT2D eigenvalue weighted by Gasteiger charge is 2.48. The lowest BCUT2D eigenvalue weighted by Gasteiger charge is -2.38. The number of nitrogens with one attached hydrogen (secondary N) is 1.